The first-order valence-electron chi connectivity index (χ1n) is 6.04. The molecule has 0 aromatic carbocycles. The quantitative estimate of drug-likeness (QED) is 0.848. The Kier molecular flexibility index (Phi) is 4.83. The molecule has 2 rings (SSSR count). The van der Waals surface area contributed by atoms with Crippen molar-refractivity contribution in [1.29, 1.82) is 0 Å². The average Bonchev–Trinajstić information content (AvgIpc) is 2.75. The summed E-state index contributed by atoms with van der Waals surface area (Å²) in [7, 11) is -3.92. The van der Waals surface area contributed by atoms with E-state index >= 15 is 0 Å². The minimum atomic E-state index is -4.37. The molecule has 1 N–H and O–H groups in total. The van der Waals surface area contributed by atoms with Gasteiger partial charge in [0.15, 0.2) is 0 Å². The van der Waals surface area contributed by atoms with E-state index in [0.717, 1.165) is 11.3 Å². The molecule has 2 unspecified atom stereocenters. The smallest absolute Gasteiger partial charge is 0.207 e. The normalized spacial score (nSPS) is 24.8. The largest absolute Gasteiger partial charge is 0.393 e. The van der Waals surface area contributed by atoms with E-state index in [2.05, 4.69) is 20.7 Å². The lowest BCUT2D eigenvalue weighted by atomic mass is 9.85. The topological polar surface area (TPSA) is 46.2 Å². The Balaban J connectivity index is 2.21. The third kappa shape index (κ3) is 3.55. The summed E-state index contributed by atoms with van der Waals surface area (Å²) in [5.41, 5.74) is 0. The van der Waals surface area contributed by atoms with Crippen molar-refractivity contribution in [1.82, 2.24) is 4.72 Å². The molecule has 0 spiro atoms. The summed E-state index contributed by atoms with van der Waals surface area (Å²) < 4.78 is 65.8. The van der Waals surface area contributed by atoms with Crippen molar-refractivity contribution in [3.05, 3.63) is 15.9 Å². The minimum absolute atomic E-state index is 0.0176. The number of thiophene rings is 1. The fourth-order valence-corrected chi connectivity index (χ4v) is 6.05. The number of hydrogen-bond donors (Lipinski definition) is 1. The van der Waals surface area contributed by atoms with Crippen LogP contribution in [-0.4, -0.2) is 20.6 Å². The highest BCUT2D eigenvalue weighted by Gasteiger charge is 2.46. The molecule has 1 aromatic rings. The fourth-order valence-electron chi connectivity index (χ4n) is 2.39. The van der Waals surface area contributed by atoms with Gasteiger partial charge in [0.05, 0.1) is 5.92 Å². The maximum atomic E-state index is 12.9. The molecule has 0 amide bonds. The van der Waals surface area contributed by atoms with Gasteiger partial charge < -0.3 is 0 Å². The van der Waals surface area contributed by atoms with Crippen molar-refractivity contribution in [3.63, 3.8) is 0 Å². The number of sulfonamides is 1. The summed E-state index contributed by atoms with van der Waals surface area (Å²) in [5, 5.41) is 1.57. The molecule has 1 fully saturated rings. The average molecular weight is 392 g/mol. The van der Waals surface area contributed by atoms with Crippen LogP contribution < -0.4 is 4.72 Å². The molecular formula is C11H13BrF3NO2S2. The van der Waals surface area contributed by atoms with E-state index in [1.54, 1.807) is 11.4 Å². The van der Waals surface area contributed by atoms with E-state index < -0.39 is 28.2 Å². The molecule has 114 valence electrons. The summed E-state index contributed by atoms with van der Waals surface area (Å²) in [6.07, 6.45) is -3.11. The predicted molar refractivity (Wildman–Crippen MR) is 74.1 cm³/mol. The Morgan fingerprint density at radius 3 is 2.50 bits per heavy atom. The number of rotatable bonds is 3. The Labute approximate surface area is 127 Å². The van der Waals surface area contributed by atoms with Crippen LogP contribution >= 0.6 is 27.3 Å². The zero-order chi connectivity index (χ0) is 15.0. The van der Waals surface area contributed by atoms with Gasteiger partial charge in [-0.15, -0.1) is 11.3 Å². The molecule has 0 aliphatic heterocycles. The van der Waals surface area contributed by atoms with Gasteiger partial charge in [0.25, 0.3) is 10.0 Å². The Bertz CT molecular complexity index is 570. The van der Waals surface area contributed by atoms with Crippen LogP contribution in [0.2, 0.25) is 0 Å². The monoisotopic (exact) mass is 391 g/mol. The molecule has 2 atom stereocenters. The van der Waals surface area contributed by atoms with Crippen LogP contribution in [0.5, 0.6) is 0 Å². The predicted octanol–water partition coefficient (Wildman–Crippen LogP) is 3.91. The molecular weight excluding hydrogens is 379 g/mol. The molecule has 0 bridgehead atoms. The third-order valence-corrected chi connectivity index (χ3v) is 7.48. The molecule has 1 saturated carbocycles. The van der Waals surface area contributed by atoms with Crippen LogP contribution in [0.1, 0.15) is 25.7 Å². The summed E-state index contributed by atoms with van der Waals surface area (Å²) in [4.78, 5) is 0. The molecule has 9 heteroatoms. The Hall–Kier alpha value is -0.120. The number of nitrogens with one attached hydrogen (secondary N) is 1. The second-order valence-electron chi connectivity index (χ2n) is 4.72. The Morgan fingerprint density at radius 2 is 1.95 bits per heavy atom. The molecule has 0 radical (unpaired) electrons. The molecule has 20 heavy (non-hydrogen) atoms. The summed E-state index contributed by atoms with van der Waals surface area (Å²) in [5.74, 6) is -1.61. The second-order valence-corrected chi connectivity index (χ2v) is 8.40. The van der Waals surface area contributed by atoms with Crippen LogP contribution in [0.4, 0.5) is 13.2 Å². The van der Waals surface area contributed by atoms with Crippen LogP contribution in [0.25, 0.3) is 0 Å². The first-order chi connectivity index (χ1) is 9.22. The van der Waals surface area contributed by atoms with Gasteiger partial charge in [-0.25, -0.2) is 13.1 Å². The highest BCUT2D eigenvalue weighted by molar-refractivity contribution is 9.10. The number of alkyl halides is 3. The van der Waals surface area contributed by atoms with E-state index in [4.69, 9.17) is 0 Å². The van der Waals surface area contributed by atoms with Gasteiger partial charge in [0.1, 0.15) is 4.21 Å². The molecule has 1 aliphatic rings. The Morgan fingerprint density at radius 1 is 1.30 bits per heavy atom. The van der Waals surface area contributed by atoms with Crippen molar-refractivity contribution >= 4 is 37.3 Å². The highest BCUT2D eigenvalue weighted by atomic mass is 79.9. The van der Waals surface area contributed by atoms with Crippen LogP contribution in [-0.2, 0) is 10.0 Å². The lowest BCUT2D eigenvalue weighted by Gasteiger charge is -2.33. The van der Waals surface area contributed by atoms with Crippen molar-refractivity contribution in [2.24, 2.45) is 5.92 Å². The van der Waals surface area contributed by atoms with Crippen LogP contribution in [0.15, 0.2) is 20.1 Å². The molecule has 0 saturated heterocycles. The minimum Gasteiger partial charge on any atom is -0.207 e. The van der Waals surface area contributed by atoms with E-state index in [9.17, 15) is 21.6 Å². The maximum absolute atomic E-state index is 12.9. The third-order valence-electron chi connectivity index (χ3n) is 3.32. The van der Waals surface area contributed by atoms with Gasteiger partial charge in [-0.3, -0.25) is 0 Å². The zero-order valence-corrected chi connectivity index (χ0v) is 13.5. The van der Waals surface area contributed by atoms with Crippen molar-refractivity contribution in [2.45, 2.75) is 42.1 Å². The van der Waals surface area contributed by atoms with Gasteiger partial charge in [-0.1, -0.05) is 12.8 Å². The van der Waals surface area contributed by atoms with Gasteiger partial charge in [-0.2, -0.15) is 13.2 Å². The van der Waals surface area contributed by atoms with E-state index in [1.165, 1.54) is 0 Å². The van der Waals surface area contributed by atoms with Gasteiger partial charge in [0.2, 0.25) is 0 Å². The van der Waals surface area contributed by atoms with E-state index in [-0.39, 0.29) is 17.1 Å². The van der Waals surface area contributed by atoms with Gasteiger partial charge >= 0.3 is 6.18 Å². The zero-order valence-electron chi connectivity index (χ0n) is 10.3. The first kappa shape index (κ1) is 16.3. The first-order valence-corrected chi connectivity index (χ1v) is 9.19. The summed E-state index contributed by atoms with van der Waals surface area (Å²) >= 11 is 4.07. The molecule has 1 heterocycles. The molecule has 1 aliphatic carbocycles. The standard InChI is InChI=1S/C11H13BrF3NO2S2/c12-8-5-6-19-10(8)20(17,18)16-9-4-2-1-3-7(9)11(13,14)15/h5-7,9,16H,1-4H2. The second kappa shape index (κ2) is 5.94. The lowest BCUT2D eigenvalue weighted by Crippen LogP contribution is -2.47. The maximum Gasteiger partial charge on any atom is 0.393 e. The number of halogens is 4. The van der Waals surface area contributed by atoms with Crippen molar-refractivity contribution < 1.29 is 21.6 Å². The van der Waals surface area contributed by atoms with Gasteiger partial charge in [0, 0.05) is 10.5 Å². The highest BCUT2D eigenvalue weighted by Crippen LogP contribution is 2.38. The van der Waals surface area contributed by atoms with Crippen molar-refractivity contribution in [2.75, 3.05) is 0 Å². The van der Waals surface area contributed by atoms with Crippen LogP contribution in [0, 0.1) is 5.92 Å². The van der Waals surface area contributed by atoms with Crippen molar-refractivity contribution in [3.8, 4) is 0 Å². The summed E-state index contributed by atoms with van der Waals surface area (Å²) in [6.45, 7) is 0. The molecule has 3 nitrogen and oxygen atoms in total. The van der Waals surface area contributed by atoms with Crippen LogP contribution in [0.3, 0.4) is 0 Å². The molecule has 1 aromatic heterocycles. The van der Waals surface area contributed by atoms with Gasteiger partial charge in [-0.05, 0) is 40.2 Å². The van der Waals surface area contributed by atoms with E-state index in [0.29, 0.717) is 17.3 Å². The number of hydrogen-bond acceptors (Lipinski definition) is 3. The van der Waals surface area contributed by atoms with E-state index in [1.807, 2.05) is 0 Å². The fraction of sp³-hybridized carbons (Fsp3) is 0.636. The SMILES string of the molecule is O=S(=O)(NC1CCCCC1C(F)(F)F)c1sccc1Br. The lowest BCUT2D eigenvalue weighted by molar-refractivity contribution is -0.187. The summed E-state index contributed by atoms with van der Waals surface area (Å²) in [6, 6.07) is 0.476.